The standard InChI is InChI=1S/2Na.H2O2S3.2H/c;;1-5(2,3)4;;/h;;(H2,1,2,3,4);;/q2*+1;;2*-1. The smallest absolute Gasteiger partial charge is 1.00 e. The first-order chi connectivity index (χ1) is 2.00. The quantitative estimate of drug-likeness (QED) is 0.220. The summed E-state index contributed by atoms with van der Waals surface area (Å²) in [5.74, 6) is 0. The van der Waals surface area contributed by atoms with Gasteiger partial charge in [0.2, 0.25) is 0 Å². The Morgan fingerprint density at radius 2 is 1.71 bits per heavy atom. The molecule has 7 heteroatoms. The first-order valence-electron chi connectivity index (χ1n) is 0.698. The molecule has 0 saturated heterocycles. The third kappa shape index (κ3) is 53.9. The second-order valence-electron chi connectivity index (χ2n) is 0.448. The third-order valence-corrected chi connectivity index (χ3v) is 0. The van der Waals surface area contributed by atoms with Crippen molar-refractivity contribution in [2.75, 3.05) is 0 Å². The van der Waals surface area contributed by atoms with Gasteiger partial charge in [-0.2, -0.15) is 0 Å². The maximum atomic E-state index is 9.42. The number of hydrogen-bond acceptors (Lipinski definition) is 2. The Balaban J connectivity index is -0.0000000133. The molecule has 0 bridgehead atoms. The van der Waals surface area contributed by atoms with Crippen molar-refractivity contribution in [2.24, 2.45) is 0 Å². The van der Waals surface area contributed by atoms with Crippen molar-refractivity contribution in [3.8, 4) is 0 Å². The molecule has 0 aliphatic heterocycles. The average molecular weight is 178 g/mol. The monoisotopic (exact) mass is 178 g/mol. The molecule has 0 aromatic carbocycles. The van der Waals surface area contributed by atoms with Gasteiger partial charge < -0.3 is 2.85 Å². The maximum Gasteiger partial charge on any atom is 1.00 e. The number of thiol groups is 1. The molecule has 0 saturated carbocycles. The Labute approximate surface area is 99.7 Å². The summed E-state index contributed by atoms with van der Waals surface area (Å²) in [6, 6.07) is 0. The van der Waals surface area contributed by atoms with Crippen molar-refractivity contribution in [2.45, 2.75) is 0 Å². The first kappa shape index (κ1) is 16.3. The fourth-order valence-electron chi connectivity index (χ4n) is 0. The summed E-state index contributed by atoms with van der Waals surface area (Å²) in [5, 5.41) is 0. The molecule has 0 aliphatic carbocycles. The van der Waals surface area contributed by atoms with Gasteiger partial charge in [0, 0.05) is 11.2 Å². The minimum atomic E-state index is -3.14. The van der Waals surface area contributed by atoms with Gasteiger partial charge in [-0.3, -0.25) is 4.55 Å². The zero-order valence-corrected chi connectivity index (χ0v) is 10.6. The van der Waals surface area contributed by atoms with Crippen LogP contribution in [-0.2, 0) is 19.0 Å². The van der Waals surface area contributed by atoms with Crippen molar-refractivity contribution in [3.05, 3.63) is 0 Å². The molecule has 0 aliphatic rings. The Morgan fingerprint density at radius 3 is 1.71 bits per heavy atom. The summed E-state index contributed by atoms with van der Waals surface area (Å²) in [7, 11) is -3.14. The molecule has 0 spiro atoms. The largest absolute Gasteiger partial charge is 1.00 e. The molecular formula is H4Na2O2S3. The number of hydrogen-bond donors (Lipinski definition) is 2. The SMILES string of the molecule is O=S(O)(=S)S.[H-].[H-].[Na+].[Na+]. The molecule has 0 fully saturated rings. The molecule has 7 heavy (non-hydrogen) atoms. The van der Waals surface area contributed by atoms with Crippen LogP contribution in [0.3, 0.4) is 0 Å². The van der Waals surface area contributed by atoms with Crippen LogP contribution in [0.25, 0.3) is 0 Å². The van der Waals surface area contributed by atoms with Crippen LogP contribution < -0.4 is 59.1 Å². The zero-order valence-electron chi connectivity index (χ0n) is 6.12. The molecule has 0 aromatic rings. The molecular weight excluding hydrogens is 174 g/mol. The fraction of sp³-hybridized carbons (Fsp3) is 0. The van der Waals surface area contributed by atoms with Crippen molar-refractivity contribution in [1.29, 1.82) is 0 Å². The summed E-state index contributed by atoms with van der Waals surface area (Å²) >= 11 is 6.79. The Morgan fingerprint density at radius 1 is 1.71 bits per heavy atom. The van der Waals surface area contributed by atoms with Crippen LogP contribution in [0.1, 0.15) is 2.85 Å². The molecule has 0 aromatic heterocycles. The van der Waals surface area contributed by atoms with Crippen LogP contribution in [0.4, 0.5) is 0 Å². The Kier molecular flexibility index (Phi) is 15.9. The van der Waals surface area contributed by atoms with Crippen molar-refractivity contribution in [1.82, 2.24) is 0 Å². The molecule has 0 amide bonds. The van der Waals surface area contributed by atoms with Gasteiger partial charge in [0.05, 0.1) is 0 Å². The van der Waals surface area contributed by atoms with E-state index in [1.165, 1.54) is 0 Å². The summed E-state index contributed by atoms with van der Waals surface area (Å²) < 4.78 is 17.1. The second kappa shape index (κ2) is 6.80. The molecule has 2 nitrogen and oxygen atoms in total. The van der Waals surface area contributed by atoms with Gasteiger partial charge in [0.15, 0.2) is 7.80 Å². The third-order valence-electron chi connectivity index (χ3n) is 0. The molecule has 36 valence electrons. The molecule has 1 N–H and O–H groups in total. The van der Waals surface area contributed by atoms with E-state index >= 15 is 0 Å². The normalized spacial score (nSPS) is 15.1. The summed E-state index contributed by atoms with van der Waals surface area (Å²) in [6.45, 7) is 0. The molecule has 1 unspecified atom stereocenters. The first-order valence-corrected chi connectivity index (χ1v) is 4.19. The van der Waals surface area contributed by atoms with E-state index in [0.717, 1.165) is 0 Å². The maximum absolute atomic E-state index is 9.42. The van der Waals surface area contributed by atoms with E-state index in [1.807, 2.05) is 0 Å². The fourth-order valence-corrected chi connectivity index (χ4v) is 0. The second-order valence-corrected chi connectivity index (χ2v) is 4.92. The topological polar surface area (TPSA) is 37.3 Å². The van der Waals surface area contributed by atoms with Crippen LogP contribution in [0.2, 0.25) is 0 Å². The Hall–Kier alpha value is 2.68. The van der Waals surface area contributed by atoms with Gasteiger partial charge in [-0.25, -0.2) is 4.21 Å². The predicted molar refractivity (Wildman–Crippen MR) is 29.3 cm³/mol. The molecule has 1 atom stereocenters. The van der Waals surface area contributed by atoms with E-state index in [4.69, 9.17) is 4.55 Å². The summed E-state index contributed by atoms with van der Waals surface area (Å²) in [6.07, 6.45) is 0. The minimum absolute atomic E-state index is 0. The summed E-state index contributed by atoms with van der Waals surface area (Å²) in [4.78, 5) is 0. The van der Waals surface area contributed by atoms with E-state index in [-0.39, 0.29) is 62.0 Å². The van der Waals surface area contributed by atoms with Crippen LogP contribution in [0.15, 0.2) is 0 Å². The van der Waals surface area contributed by atoms with Gasteiger partial charge in [-0.1, -0.05) is 0 Å². The van der Waals surface area contributed by atoms with Gasteiger partial charge in [0.25, 0.3) is 0 Å². The molecule has 0 radical (unpaired) electrons. The van der Waals surface area contributed by atoms with Gasteiger partial charge in [0.1, 0.15) is 0 Å². The van der Waals surface area contributed by atoms with Crippen LogP contribution >= 0.6 is 11.7 Å². The van der Waals surface area contributed by atoms with E-state index in [2.05, 4.69) is 22.8 Å². The molecule has 0 rings (SSSR count). The van der Waals surface area contributed by atoms with Crippen LogP contribution in [0, 0.1) is 0 Å². The van der Waals surface area contributed by atoms with E-state index < -0.39 is 7.80 Å². The Bertz CT molecular complexity index is 101. The van der Waals surface area contributed by atoms with Gasteiger partial charge in [-0.15, -0.1) is 0 Å². The van der Waals surface area contributed by atoms with Crippen molar-refractivity contribution >= 4 is 30.7 Å². The van der Waals surface area contributed by atoms with E-state index in [1.54, 1.807) is 0 Å². The van der Waals surface area contributed by atoms with Crippen molar-refractivity contribution < 1.29 is 70.7 Å². The van der Waals surface area contributed by atoms with Crippen LogP contribution in [0.5, 0.6) is 0 Å². The predicted octanol–water partition coefficient (Wildman–Crippen LogP) is -5.72. The van der Waals surface area contributed by atoms with E-state index in [9.17, 15) is 4.21 Å². The zero-order chi connectivity index (χ0) is 4.50. The van der Waals surface area contributed by atoms with Crippen LogP contribution in [-0.4, -0.2) is 8.76 Å². The van der Waals surface area contributed by atoms with Crippen molar-refractivity contribution in [3.63, 3.8) is 0 Å². The van der Waals surface area contributed by atoms with Gasteiger partial charge in [-0.05, 0) is 11.7 Å². The molecule has 0 heterocycles. The number of rotatable bonds is 0. The summed E-state index contributed by atoms with van der Waals surface area (Å²) in [5.41, 5.74) is 0. The average Bonchev–Trinajstić information content (AvgIpc) is 0.722. The van der Waals surface area contributed by atoms with Gasteiger partial charge >= 0.3 is 59.1 Å². The van der Waals surface area contributed by atoms with E-state index in [0.29, 0.717) is 0 Å². The minimum Gasteiger partial charge on any atom is -1.00 e.